The van der Waals surface area contributed by atoms with Crippen molar-refractivity contribution in [2.24, 2.45) is 0 Å². The van der Waals surface area contributed by atoms with Crippen LogP contribution in [-0.4, -0.2) is 23.6 Å². The third-order valence-electron chi connectivity index (χ3n) is 4.17. The third kappa shape index (κ3) is 4.59. The smallest absolute Gasteiger partial charge is 0.342 e. The number of nitrogens with one attached hydrogen (secondary N) is 1. The fourth-order valence-corrected chi connectivity index (χ4v) is 2.48. The Kier molecular flexibility index (Phi) is 6.17. The highest BCUT2D eigenvalue weighted by atomic mass is 16.5. The van der Waals surface area contributed by atoms with Gasteiger partial charge in [0, 0.05) is 5.69 Å². The van der Waals surface area contributed by atoms with E-state index in [1.54, 1.807) is 19.1 Å². The first-order valence-corrected chi connectivity index (χ1v) is 8.28. The number of para-hydroxylation sites is 2. The van der Waals surface area contributed by atoms with E-state index in [-0.39, 0.29) is 11.3 Å². The van der Waals surface area contributed by atoms with Crippen molar-refractivity contribution in [2.45, 2.75) is 33.1 Å². The summed E-state index contributed by atoms with van der Waals surface area (Å²) in [4.78, 5) is 24.1. The van der Waals surface area contributed by atoms with Gasteiger partial charge in [0.15, 0.2) is 6.61 Å². The molecule has 2 aromatic rings. The number of hydrogen-bond acceptors (Lipinski definition) is 4. The summed E-state index contributed by atoms with van der Waals surface area (Å²) in [5.41, 5.74) is 2.38. The lowest BCUT2D eigenvalue weighted by atomic mass is 9.97. The summed E-state index contributed by atoms with van der Waals surface area (Å²) >= 11 is 0. The van der Waals surface area contributed by atoms with Gasteiger partial charge in [0.2, 0.25) is 0 Å². The summed E-state index contributed by atoms with van der Waals surface area (Å²) in [6, 6.07) is 12.4. The number of hydrogen-bond donors (Lipinski definition) is 2. The van der Waals surface area contributed by atoms with Crippen molar-refractivity contribution in [3.8, 4) is 5.75 Å². The largest absolute Gasteiger partial charge is 0.507 e. The van der Waals surface area contributed by atoms with Gasteiger partial charge in [-0.1, -0.05) is 44.2 Å². The number of ether oxygens (including phenoxy) is 1. The molecule has 2 aromatic carbocycles. The SMILES string of the molecule is CCC(C)c1ccccc1NC(=O)COC(=O)c1cccc(C)c1O. The molecule has 132 valence electrons. The molecule has 0 radical (unpaired) electrons. The Bertz CT molecular complexity index is 770. The number of phenolic OH excluding ortho intramolecular Hbond substituents is 1. The van der Waals surface area contributed by atoms with E-state index in [1.165, 1.54) is 6.07 Å². The van der Waals surface area contributed by atoms with Crippen LogP contribution < -0.4 is 5.32 Å². The lowest BCUT2D eigenvalue weighted by Crippen LogP contribution is -2.21. The second-order valence-corrected chi connectivity index (χ2v) is 5.99. The fraction of sp³-hybridized carbons (Fsp3) is 0.300. The van der Waals surface area contributed by atoms with E-state index in [0.717, 1.165) is 17.7 Å². The van der Waals surface area contributed by atoms with E-state index in [1.807, 2.05) is 24.3 Å². The molecule has 0 aliphatic heterocycles. The number of anilines is 1. The van der Waals surface area contributed by atoms with Crippen molar-refractivity contribution < 1.29 is 19.4 Å². The first-order valence-electron chi connectivity index (χ1n) is 8.28. The molecular formula is C20H23NO4. The van der Waals surface area contributed by atoms with Crippen LogP contribution in [-0.2, 0) is 9.53 Å². The molecule has 0 aliphatic rings. The van der Waals surface area contributed by atoms with Gasteiger partial charge in [-0.3, -0.25) is 4.79 Å². The number of benzene rings is 2. The predicted octanol–water partition coefficient (Wildman–Crippen LogP) is 4.01. The highest BCUT2D eigenvalue weighted by Crippen LogP contribution is 2.26. The summed E-state index contributed by atoms with van der Waals surface area (Å²) in [5.74, 6) is -0.971. The third-order valence-corrected chi connectivity index (χ3v) is 4.17. The molecule has 0 spiro atoms. The molecular weight excluding hydrogens is 318 g/mol. The van der Waals surface area contributed by atoms with Gasteiger partial charge < -0.3 is 15.2 Å². The minimum atomic E-state index is -0.730. The first-order chi connectivity index (χ1) is 11.9. The first kappa shape index (κ1) is 18.5. The van der Waals surface area contributed by atoms with Gasteiger partial charge in [-0.15, -0.1) is 0 Å². The van der Waals surface area contributed by atoms with E-state index >= 15 is 0 Å². The highest BCUT2D eigenvalue weighted by Gasteiger charge is 2.16. The van der Waals surface area contributed by atoms with E-state index in [4.69, 9.17) is 4.74 Å². The molecule has 2 N–H and O–H groups in total. The van der Waals surface area contributed by atoms with Gasteiger partial charge in [-0.25, -0.2) is 4.79 Å². The van der Waals surface area contributed by atoms with Crippen LogP contribution in [0, 0.1) is 6.92 Å². The number of carbonyl (C=O) groups is 2. The Morgan fingerprint density at radius 2 is 1.88 bits per heavy atom. The van der Waals surface area contributed by atoms with Crippen molar-refractivity contribution in [1.29, 1.82) is 0 Å². The standard InChI is InChI=1S/C20H23NO4/c1-4-13(2)15-9-5-6-11-17(15)21-18(22)12-25-20(24)16-10-7-8-14(3)19(16)23/h5-11,13,23H,4,12H2,1-3H3,(H,21,22). The Morgan fingerprint density at radius 1 is 1.16 bits per heavy atom. The second-order valence-electron chi connectivity index (χ2n) is 5.99. The average Bonchev–Trinajstić information content (AvgIpc) is 2.61. The zero-order valence-corrected chi connectivity index (χ0v) is 14.7. The quantitative estimate of drug-likeness (QED) is 0.779. The van der Waals surface area contributed by atoms with Crippen LogP contribution in [0.1, 0.15) is 47.7 Å². The van der Waals surface area contributed by atoms with Crippen molar-refractivity contribution in [2.75, 3.05) is 11.9 Å². The molecule has 0 fully saturated rings. The van der Waals surface area contributed by atoms with Crippen molar-refractivity contribution in [3.05, 3.63) is 59.2 Å². The van der Waals surface area contributed by atoms with Gasteiger partial charge in [-0.2, -0.15) is 0 Å². The molecule has 0 saturated carbocycles. The van der Waals surface area contributed by atoms with Gasteiger partial charge in [0.05, 0.1) is 0 Å². The minimum Gasteiger partial charge on any atom is -0.507 e. The number of aromatic hydroxyl groups is 1. The monoisotopic (exact) mass is 341 g/mol. The Morgan fingerprint density at radius 3 is 2.60 bits per heavy atom. The Labute approximate surface area is 147 Å². The van der Waals surface area contributed by atoms with Crippen molar-refractivity contribution in [1.82, 2.24) is 0 Å². The summed E-state index contributed by atoms with van der Waals surface area (Å²) in [5, 5.41) is 12.7. The summed E-state index contributed by atoms with van der Waals surface area (Å²) in [6.07, 6.45) is 0.953. The number of amides is 1. The lowest BCUT2D eigenvalue weighted by molar-refractivity contribution is -0.119. The minimum absolute atomic E-state index is 0.0489. The van der Waals surface area contributed by atoms with Gasteiger partial charge in [0.1, 0.15) is 11.3 Å². The molecule has 5 heteroatoms. The van der Waals surface area contributed by atoms with E-state index in [2.05, 4.69) is 19.2 Å². The van der Waals surface area contributed by atoms with Gasteiger partial charge in [-0.05, 0) is 42.5 Å². The highest BCUT2D eigenvalue weighted by molar-refractivity contribution is 5.97. The fourth-order valence-electron chi connectivity index (χ4n) is 2.48. The Hall–Kier alpha value is -2.82. The zero-order chi connectivity index (χ0) is 18.4. The van der Waals surface area contributed by atoms with Crippen molar-refractivity contribution in [3.63, 3.8) is 0 Å². The lowest BCUT2D eigenvalue weighted by Gasteiger charge is -2.15. The topological polar surface area (TPSA) is 75.6 Å². The molecule has 1 unspecified atom stereocenters. The van der Waals surface area contributed by atoms with E-state index in [0.29, 0.717) is 11.5 Å². The molecule has 1 amide bonds. The molecule has 0 saturated heterocycles. The number of phenols is 1. The van der Waals surface area contributed by atoms with Crippen LogP contribution in [0.3, 0.4) is 0 Å². The van der Waals surface area contributed by atoms with Crippen LogP contribution in [0.2, 0.25) is 0 Å². The zero-order valence-electron chi connectivity index (χ0n) is 14.7. The maximum Gasteiger partial charge on any atom is 0.342 e. The van der Waals surface area contributed by atoms with E-state index in [9.17, 15) is 14.7 Å². The van der Waals surface area contributed by atoms with Crippen LogP contribution in [0.4, 0.5) is 5.69 Å². The molecule has 25 heavy (non-hydrogen) atoms. The maximum atomic E-state index is 12.1. The van der Waals surface area contributed by atoms with Crippen molar-refractivity contribution >= 4 is 17.6 Å². The van der Waals surface area contributed by atoms with Gasteiger partial charge >= 0.3 is 5.97 Å². The molecule has 5 nitrogen and oxygen atoms in total. The van der Waals surface area contributed by atoms with Crippen LogP contribution in [0.25, 0.3) is 0 Å². The maximum absolute atomic E-state index is 12.1. The van der Waals surface area contributed by atoms with Crippen LogP contribution >= 0.6 is 0 Å². The Balaban J connectivity index is 2.00. The average molecular weight is 341 g/mol. The molecule has 1 atom stereocenters. The van der Waals surface area contributed by atoms with Crippen LogP contribution in [0.15, 0.2) is 42.5 Å². The number of carbonyl (C=O) groups excluding carboxylic acids is 2. The number of aryl methyl sites for hydroxylation is 1. The molecule has 0 heterocycles. The van der Waals surface area contributed by atoms with E-state index < -0.39 is 18.5 Å². The summed E-state index contributed by atoms with van der Waals surface area (Å²) in [6.45, 7) is 5.44. The van der Waals surface area contributed by atoms with Crippen LogP contribution in [0.5, 0.6) is 5.75 Å². The molecule has 0 aliphatic carbocycles. The second kappa shape index (κ2) is 8.33. The summed E-state index contributed by atoms with van der Waals surface area (Å²) in [7, 11) is 0. The number of rotatable bonds is 6. The normalized spacial score (nSPS) is 11.6. The molecule has 0 bridgehead atoms. The van der Waals surface area contributed by atoms with Gasteiger partial charge in [0.25, 0.3) is 5.91 Å². The molecule has 2 rings (SSSR count). The predicted molar refractivity (Wildman–Crippen MR) is 96.9 cm³/mol. The number of esters is 1. The summed E-state index contributed by atoms with van der Waals surface area (Å²) < 4.78 is 5.01. The molecule has 0 aromatic heterocycles.